The van der Waals surface area contributed by atoms with E-state index in [-0.39, 0.29) is 6.10 Å². The molecule has 33 heavy (non-hydrogen) atoms. The molecule has 0 unspecified atom stereocenters. The number of aromatic nitrogens is 2. The van der Waals surface area contributed by atoms with Gasteiger partial charge in [0.05, 0.1) is 11.6 Å². The average Bonchev–Trinajstić information content (AvgIpc) is 2.80. The molecule has 1 aliphatic carbocycles. The number of fused-ring (bicyclic) bond motifs is 1. The summed E-state index contributed by atoms with van der Waals surface area (Å²) in [5.74, 6) is 3.36. The Bertz CT molecular complexity index is 1030. The zero-order valence-corrected chi connectivity index (χ0v) is 20.3. The second kappa shape index (κ2) is 10.8. The van der Waals surface area contributed by atoms with E-state index in [2.05, 4.69) is 65.8 Å². The predicted molar refractivity (Wildman–Crippen MR) is 137 cm³/mol. The van der Waals surface area contributed by atoms with Crippen LogP contribution in [0.1, 0.15) is 45.1 Å². The third kappa shape index (κ3) is 6.35. The Balaban J connectivity index is 1.24. The zero-order chi connectivity index (χ0) is 23.2. The monoisotopic (exact) mass is 447 g/mol. The number of ether oxygens (including phenoxy) is 1. The molecule has 1 fully saturated rings. The molecule has 0 atom stereocenters. The van der Waals surface area contributed by atoms with Gasteiger partial charge in [-0.25, -0.2) is 4.98 Å². The lowest BCUT2D eigenvalue weighted by molar-refractivity contribution is 0.242. The van der Waals surface area contributed by atoms with E-state index in [0.29, 0.717) is 6.04 Å². The fourth-order valence-corrected chi connectivity index (χ4v) is 4.54. The fraction of sp³-hybridized carbons (Fsp3) is 0.481. The van der Waals surface area contributed by atoms with Crippen molar-refractivity contribution in [1.82, 2.24) is 15.3 Å². The van der Waals surface area contributed by atoms with Crippen LogP contribution in [0.3, 0.4) is 0 Å². The molecule has 1 saturated carbocycles. The SMILES string of the molecule is CC(C)Oc1ccc(CNC[C@H]2CC[C@@H](Nc3nc(N(C)C)c4ccccc4n3)CC2)cc1. The zero-order valence-electron chi connectivity index (χ0n) is 20.3. The first-order valence-corrected chi connectivity index (χ1v) is 12.1. The van der Waals surface area contributed by atoms with Crippen molar-refractivity contribution in [1.29, 1.82) is 0 Å². The first kappa shape index (κ1) is 23.3. The third-order valence-electron chi connectivity index (χ3n) is 6.24. The summed E-state index contributed by atoms with van der Waals surface area (Å²) in [4.78, 5) is 11.6. The van der Waals surface area contributed by atoms with E-state index in [1.807, 2.05) is 26.2 Å². The quantitative estimate of drug-likeness (QED) is 0.468. The Kier molecular flexibility index (Phi) is 7.65. The third-order valence-corrected chi connectivity index (χ3v) is 6.24. The Hall–Kier alpha value is -2.86. The van der Waals surface area contributed by atoms with Crippen molar-refractivity contribution in [2.75, 3.05) is 30.9 Å². The minimum atomic E-state index is 0.210. The highest BCUT2D eigenvalue weighted by atomic mass is 16.5. The maximum Gasteiger partial charge on any atom is 0.225 e. The molecule has 0 aliphatic heterocycles. The summed E-state index contributed by atoms with van der Waals surface area (Å²) in [7, 11) is 4.06. The number of para-hydroxylation sites is 1. The van der Waals surface area contributed by atoms with Crippen LogP contribution in [0.4, 0.5) is 11.8 Å². The van der Waals surface area contributed by atoms with Crippen molar-refractivity contribution in [2.45, 2.75) is 58.2 Å². The second-order valence-electron chi connectivity index (χ2n) is 9.59. The van der Waals surface area contributed by atoms with E-state index in [0.717, 1.165) is 60.3 Å². The molecule has 0 saturated heterocycles. The standard InChI is InChI=1S/C27H37N5O/c1-19(2)33-23-15-11-21(12-16-23)18-28-17-20-9-13-22(14-10-20)29-27-30-25-8-6-5-7-24(25)26(31-27)32(3)4/h5-8,11-12,15-16,19-20,22,28H,9-10,13-14,17-18H2,1-4H3,(H,29,30,31)/t20-,22+. The summed E-state index contributed by atoms with van der Waals surface area (Å²) in [6, 6.07) is 17.1. The van der Waals surface area contributed by atoms with Gasteiger partial charge in [-0.3, -0.25) is 0 Å². The van der Waals surface area contributed by atoms with Gasteiger partial charge >= 0.3 is 0 Å². The van der Waals surface area contributed by atoms with Crippen molar-refractivity contribution >= 4 is 22.7 Å². The van der Waals surface area contributed by atoms with Crippen LogP contribution < -0.4 is 20.3 Å². The molecule has 0 bridgehead atoms. The van der Waals surface area contributed by atoms with Gasteiger partial charge in [0.1, 0.15) is 11.6 Å². The summed E-state index contributed by atoms with van der Waals surface area (Å²) in [5.41, 5.74) is 2.28. The summed E-state index contributed by atoms with van der Waals surface area (Å²) in [5, 5.41) is 8.34. The lowest BCUT2D eigenvalue weighted by Gasteiger charge is -2.29. The van der Waals surface area contributed by atoms with Gasteiger partial charge in [-0.1, -0.05) is 24.3 Å². The van der Waals surface area contributed by atoms with Crippen LogP contribution in [0.15, 0.2) is 48.5 Å². The molecule has 2 aromatic carbocycles. The highest BCUT2D eigenvalue weighted by molar-refractivity contribution is 5.90. The van der Waals surface area contributed by atoms with Crippen molar-refractivity contribution in [2.24, 2.45) is 5.92 Å². The molecule has 4 rings (SSSR count). The van der Waals surface area contributed by atoms with Gasteiger partial charge in [0.25, 0.3) is 0 Å². The highest BCUT2D eigenvalue weighted by Gasteiger charge is 2.22. The number of hydrogen-bond acceptors (Lipinski definition) is 6. The Labute approximate surface area is 197 Å². The lowest BCUT2D eigenvalue weighted by Crippen LogP contribution is -2.31. The number of benzene rings is 2. The van der Waals surface area contributed by atoms with Crippen molar-refractivity contribution < 1.29 is 4.74 Å². The van der Waals surface area contributed by atoms with Gasteiger partial charge in [0.15, 0.2) is 0 Å². The van der Waals surface area contributed by atoms with Crippen molar-refractivity contribution in [3.05, 3.63) is 54.1 Å². The topological polar surface area (TPSA) is 62.3 Å². The van der Waals surface area contributed by atoms with Crippen molar-refractivity contribution in [3.63, 3.8) is 0 Å². The van der Waals surface area contributed by atoms with Gasteiger partial charge < -0.3 is 20.3 Å². The van der Waals surface area contributed by atoms with E-state index in [1.54, 1.807) is 0 Å². The Morgan fingerprint density at radius 1 is 0.970 bits per heavy atom. The highest BCUT2D eigenvalue weighted by Crippen LogP contribution is 2.28. The van der Waals surface area contributed by atoms with Crippen LogP contribution in [0.2, 0.25) is 0 Å². The molecule has 6 nitrogen and oxygen atoms in total. The van der Waals surface area contributed by atoms with E-state index in [1.165, 1.54) is 18.4 Å². The van der Waals surface area contributed by atoms with Crippen LogP contribution in [0.25, 0.3) is 10.9 Å². The summed E-state index contributed by atoms with van der Waals surface area (Å²) in [6.45, 7) is 6.07. The van der Waals surface area contributed by atoms with Gasteiger partial charge in [-0.2, -0.15) is 4.98 Å². The minimum absolute atomic E-state index is 0.210. The van der Waals surface area contributed by atoms with E-state index in [9.17, 15) is 0 Å². The first-order valence-electron chi connectivity index (χ1n) is 12.1. The molecule has 0 radical (unpaired) electrons. The van der Waals surface area contributed by atoms with E-state index in [4.69, 9.17) is 14.7 Å². The molecule has 3 aromatic rings. The van der Waals surface area contributed by atoms with Crippen LogP contribution >= 0.6 is 0 Å². The molecule has 0 spiro atoms. The predicted octanol–water partition coefficient (Wildman–Crippen LogP) is 5.24. The van der Waals surface area contributed by atoms with E-state index >= 15 is 0 Å². The normalized spacial score (nSPS) is 18.5. The summed E-state index contributed by atoms with van der Waals surface area (Å²) < 4.78 is 5.72. The largest absolute Gasteiger partial charge is 0.491 e. The second-order valence-corrected chi connectivity index (χ2v) is 9.59. The summed E-state index contributed by atoms with van der Waals surface area (Å²) >= 11 is 0. The molecule has 1 aromatic heterocycles. The van der Waals surface area contributed by atoms with Crippen LogP contribution in [-0.4, -0.2) is 42.8 Å². The van der Waals surface area contributed by atoms with Crippen LogP contribution in [0.5, 0.6) is 5.75 Å². The van der Waals surface area contributed by atoms with Gasteiger partial charge in [0.2, 0.25) is 5.95 Å². The number of nitrogens with zero attached hydrogens (tertiary/aromatic N) is 3. The smallest absolute Gasteiger partial charge is 0.225 e. The van der Waals surface area contributed by atoms with Crippen molar-refractivity contribution in [3.8, 4) is 5.75 Å². The van der Waals surface area contributed by atoms with Gasteiger partial charge in [-0.15, -0.1) is 0 Å². The molecule has 1 aliphatic rings. The maximum atomic E-state index is 5.72. The van der Waals surface area contributed by atoms with Gasteiger partial charge in [0, 0.05) is 32.1 Å². The molecule has 176 valence electrons. The first-order chi connectivity index (χ1) is 16.0. The summed E-state index contributed by atoms with van der Waals surface area (Å²) in [6.07, 6.45) is 4.96. The Morgan fingerprint density at radius 3 is 2.39 bits per heavy atom. The van der Waals surface area contributed by atoms with E-state index < -0.39 is 0 Å². The number of nitrogens with one attached hydrogen (secondary N) is 2. The lowest BCUT2D eigenvalue weighted by atomic mass is 9.86. The average molecular weight is 448 g/mol. The van der Waals surface area contributed by atoms with Gasteiger partial charge in [-0.05, 0) is 81.8 Å². The maximum absolute atomic E-state index is 5.72. The molecule has 2 N–H and O–H groups in total. The van der Waals surface area contributed by atoms with Crippen LogP contribution in [0, 0.1) is 5.92 Å². The number of anilines is 2. The fourth-order valence-electron chi connectivity index (χ4n) is 4.54. The minimum Gasteiger partial charge on any atom is -0.491 e. The molecular formula is C27H37N5O. The number of hydrogen-bond donors (Lipinski definition) is 2. The Morgan fingerprint density at radius 2 is 1.70 bits per heavy atom. The molecular weight excluding hydrogens is 410 g/mol. The van der Waals surface area contributed by atoms with Crippen LogP contribution in [-0.2, 0) is 6.54 Å². The molecule has 1 heterocycles. The number of rotatable bonds is 9. The molecule has 6 heteroatoms. The molecule has 0 amide bonds.